The summed E-state index contributed by atoms with van der Waals surface area (Å²) in [7, 11) is 0. The Morgan fingerprint density at radius 1 is 1.04 bits per heavy atom. The third-order valence-electron chi connectivity index (χ3n) is 5.04. The highest BCUT2D eigenvalue weighted by molar-refractivity contribution is 5.78. The molecule has 0 spiro atoms. The predicted octanol–water partition coefficient (Wildman–Crippen LogP) is 2.00. The Balaban J connectivity index is 1.32. The minimum atomic E-state index is -0.292. The maximum atomic E-state index is 12.6. The number of aromatic nitrogens is 3. The number of benzene rings is 2. The van der Waals surface area contributed by atoms with Crippen LogP contribution in [0.3, 0.4) is 0 Å². The number of carbonyl (C=O) groups is 1. The van der Waals surface area contributed by atoms with Crippen LogP contribution in [-0.4, -0.2) is 45.0 Å². The summed E-state index contributed by atoms with van der Waals surface area (Å²) < 4.78 is 7.11. The molecule has 144 valence electrons. The minimum absolute atomic E-state index is 0.0911. The molecule has 0 atom stereocenters. The van der Waals surface area contributed by atoms with E-state index in [0.717, 1.165) is 23.1 Å². The number of ether oxygens (including phenoxy) is 1. The van der Waals surface area contributed by atoms with Crippen molar-refractivity contribution in [2.24, 2.45) is 0 Å². The predicted molar refractivity (Wildman–Crippen MR) is 105 cm³/mol. The fourth-order valence-corrected chi connectivity index (χ4v) is 3.42. The zero-order chi connectivity index (χ0) is 19.3. The van der Waals surface area contributed by atoms with Gasteiger partial charge in [-0.25, -0.2) is 4.68 Å². The van der Waals surface area contributed by atoms with Gasteiger partial charge in [0.2, 0.25) is 5.91 Å². The lowest BCUT2D eigenvalue weighted by atomic mass is 10.1. The minimum Gasteiger partial charge on any atom is -0.373 e. The second kappa shape index (κ2) is 8.31. The molecule has 0 aliphatic carbocycles. The van der Waals surface area contributed by atoms with Crippen molar-refractivity contribution in [2.45, 2.75) is 32.1 Å². The van der Waals surface area contributed by atoms with Gasteiger partial charge in [-0.1, -0.05) is 47.7 Å². The number of hydrogen-bond acceptors (Lipinski definition) is 5. The van der Waals surface area contributed by atoms with Gasteiger partial charge in [0, 0.05) is 13.1 Å². The van der Waals surface area contributed by atoms with E-state index in [0.29, 0.717) is 30.6 Å². The van der Waals surface area contributed by atoms with Crippen LogP contribution in [0.1, 0.15) is 18.4 Å². The molecule has 1 aliphatic rings. The molecule has 1 aliphatic heterocycles. The molecule has 3 aromatic rings. The normalized spacial score (nSPS) is 15.1. The summed E-state index contributed by atoms with van der Waals surface area (Å²) in [5.74, 6) is -0.117. The fraction of sp³-hybridized carbons (Fsp3) is 0.333. The van der Waals surface area contributed by atoms with Crippen LogP contribution in [0.4, 0.5) is 0 Å². The molecule has 0 saturated carbocycles. The van der Waals surface area contributed by atoms with Crippen molar-refractivity contribution in [2.75, 3.05) is 13.1 Å². The smallest absolute Gasteiger partial charge is 0.278 e. The molecular formula is C21H22N4O3. The molecule has 1 fully saturated rings. The third-order valence-corrected chi connectivity index (χ3v) is 5.04. The van der Waals surface area contributed by atoms with Crippen molar-refractivity contribution in [3.63, 3.8) is 0 Å². The van der Waals surface area contributed by atoms with Crippen molar-refractivity contribution in [3.8, 4) is 0 Å². The average molecular weight is 378 g/mol. The van der Waals surface area contributed by atoms with Crippen LogP contribution >= 0.6 is 0 Å². The molecule has 2 aromatic carbocycles. The van der Waals surface area contributed by atoms with Crippen LogP contribution in [0, 0.1) is 0 Å². The van der Waals surface area contributed by atoms with Gasteiger partial charge in [-0.2, -0.15) is 0 Å². The average Bonchev–Trinajstić information content (AvgIpc) is 2.75. The lowest BCUT2D eigenvalue weighted by Crippen LogP contribution is -2.43. The Hall–Kier alpha value is -3.06. The highest BCUT2D eigenvalue weighted by Crippen LogP contribution is 2.16. The van der Waals surface area contributed by atoms with Crippen LogP contribution in [-0.2, 0) is 22.7 Å². The number of hydrogen-bond donors (Lipinski definition) is 0. The quantitative estimate of drug-likeness (QED) is 0.679. The summed E-state index contributed by atoms with van der Waals surface area (Å²) in [4.78, 5) is 26.9. The van der Waals surface area contributed by atoms with Crippen LogP contribution < -0.4 is 5.56 Å². The number of nitrogens with zero attached hydrogens (tertiary/aromatic N) is 4. The van der Waals surface area contributed by atoms with Crippen LogP contribution in [0.25, 0.3) is 10.9 Å². The molecule has 7 nitrogen and oxygen atoms in total. The van der Waals surface area contributed by atoms with Gasteiger partial charge in [0.15, 0.2) is 0 Å². The monoisotopic (exact) mass is 378 g/mol. The molecule has 28 heavy (non-hydrogen) atoms. The summed E-state index contributed by atoms with van der Waals surface area (Å²) in [6.45, 7) is 1.73. The number of fused-ring (bicyclic) bond motifs is 1. The van der Waals surface area contributed by atoms with E-state index >= 15 is 0 Å². The Morgan fingerprint density at radius 2 is 1.75 bits per heavy atom. The van der Waals surface area contributed by atoms with E-state index in [9.17, 15) is 9.59 Å². The Bertz CT molecular complexity index is 1010. The van der Waals surface area contributed by atoms with Gasteiger partial charge in [-0.15, -0.1) is 5.10 Å². The molecule has 7 heteroatoms. The van der Waals surface area contributed by atoms with Crippen molar-refractivity contribution in [1.29, 1.82) is 0 Å². The van der Waals surface area contributed by atoms with Crippen molar-refractivity contribution < 1.29 is 9.53 Å². The van der Waals surface area contributed by atoms with Crippen molar-refractivity contribution >= 4 is 16.8 Å². The summed E-state index contributed by atoms with van der Waals surface area (Å²) >= 11 is 0. The summed E-state index contributed by atoms with van der Waals surface area (Å²) in [6, 6.07) is 17.1. The van der Waals surface area contributed by atoms with Crippen molar-refractivity contribution in [1.82, 2.24) is 19.9 Å². The van der Waals surface area contributed by atoms with Gasteiger partial charge >= 0.3 is 0 Å². The first-order chi connectivity index (χ1) is 13.7. The molecular weight excluding hydrogens is 356 g/mol. The van der Waals surface area contributed by atoms with E-state index in [1.165, 1.54) is 0 Å². The Labute approximate surface area is 162 Å². The van der Waals surface area contributed by atoms with Gasteiger partial charge in [-0.05, 0) is 30.5 Å². The zero-order valence-electron chi connectivity index (χ0n) is 15.5. The summed E-state index contributed by atoms with van der Waals surface area (Å²) in [5.41, 5.74) is 1.39. The molecule has 4 rings (SSSR count). The topological polar surface area (TPSA) is 77.3 Å². The highest BCUT2D eigenvalue weighted by atomic mass is 16.5. The van der Waals surface area contributed by atoms with Crippen LogP contribution in [0.5, 0.6) is 0 Å². The first kappa shape index (κ1) is 18.3. The highest BCUT2D eigenvalue weighted by Gasteiger charge is 2.24. The molecule has 1 saturated heterocycles. The summed E-state index contributed by atoms with van der Waals surface area (Å²) in [6.07, 6.45) is 1.72. The molecule has 0 radical (unpaired) electrons. The van der Waals surface area contributed by atoms with Gasteiger partial charge in [0.05, 0.1) is 18.1 Å². The standard InChI is InChI=1S/C21H22N4O3/c26-20(14-25-21(27)18-8-4-5-9-19(18)22-23-25)24-12-10-17(11-13-24)28-15-16-6-2-1-3-7-16/h1-9,17H,10-15H2. The van der Waals surface area contributed by atoms with E-state index in [4.69, 9.17) is 4.74 Å². The van der Waals surface area contributed by atoms with Gasteiger partial charge in [0.25, 0.3) is 5.56 Å². The van der Waals surface area contributed by atoms with Crippen LogP contribution in [0.15, 0.2) is 59.4 Å². The second-order valence-electron chi connectivity index (χ2n) is 6.95. The van der Waals surface area contributed by atoms with Gasteiger partial charge in [-0.3, -0.25) is 9.59 Å². The van der Waals surface area contributed by atoms with E-state index < -0.39 is 0 Å². The van der Waals surface area contributed by atoms with E-state index in [1.54, 1.807) is 29.2 Å². The molecule has 2 heterocycles. The Kier molecular flexibility index (Phi) is 5.43. The molecule has 0 bridgehead atoms. The molecule has 0 unspecified atom stereocenters. The number of amides is 1. The lowest BCUT2D eigenvalue weighted by Gasteiger charge is -2.32. The third kappa shape index (κ3) is 4.09. The zero-order valence-corrected chi connectivity index (χ0v) is 15.5. The summed E-state index contributed by atoms with van der Waals surface area (Å²) in [5, 5.41) is 8.40. The van der Waals surface area contributed by atoms with Gasteiger partial charge in [0.1, 0.15) is 12.1 Å². The largest absolute Gasteiger partial charge is 0.373 e. The van der Waals surface area contributed by atoms with Crippen molar-refractivity contribution in [3.05, 3.63) is 70.5 Å². The number of carbonyl (C=O) groups excluding carboxylic acids is 1. The maximum Gasteiger partial charge on any atom is 0.278 e. The maximum absolute atomic E-state index is 12.6. The number of piperidine rings is 1. The SMILES string of the molecule is O=C(Cn1nnc2ccccc2c1=O)N1CCC(OCc2ccccc2)CC1. The first-order valence-corrected chi connectivity index (χ1v) is 9.46. The van der Waals surface area contributed by atoms with Gasteiger partial charge < -0.3 is 9.64 Å². The number of likely N-dealkylation sites (tertiary alicyclic amines) is 1. The molecule has 0 N–H and O–H groups in total. The second-order valence-corrected chi connectivity index (χ2v) is 6.95. The van der Waals surface area contributed by atoms with E-state index in [2.05, 4.69) is 10.3 Å². The van der Waals surface area contributed by atoms with E-state index in [1.807, 2.05) is 30.3 Å². The molecule has 1 amide bonds. The lowest BCUT2D eigenvalue weighted by molar-refractivity contribution is -0.135. The number of rotatable bonds is 5. The molecule has 1 aromatic heterocycles. The van der Waals surface area contributed by atoms with Crippen LogP contribution in [0.2, 0.25) is 0 Å². The fourth-order valence-electron chi connectivity index (χ4n) is 3.42. The first-order valence-electron chi connectivity index (χ1n) is 9.46. The van der Waals surface area contributed by atoms with E-state index in [-0.39, 0.29) is 24.1 Å². The Morgan fingerprint density at radius 3 is 2.54 bits per heavy atom.